The van der Waals surface area contributed by atoms with Crippen LogP contribution in [-0.4, -0.2) is 10.1 Å². The molecule has 0 aliphatic carbocycles. The Bertz CT molecular complexity index is 629. The number of pyridine rings is 1. The molecule has 2 aromatic rings. The fraction of sp³-hybridized carbons (Fsp3) is 0.0833. The summed E-state index contributed by atoms with van der Waals surface area (Å²) >= 11 is 11.5. The van der Waals surface area contributed by atoms with Crippen LogP contribution in [0.2, 0.25) is 10.0 Å². The Morgan fingerprint density at radius 2 is 1.79 bits per heavy atom. The molecule has 2 nitrogen and oxygen atoms in total. The zero-order valence-corrected chi connectivity index (χ0v) is 10.7. The molecule has 0 fully saturated rings. The Kier molecular flexibility index (Phi) is 3.60. The van der Waals surface area contributed by atoms with Gasteiger partial charge in [-0.25, -0.2) is 0 Å². The van der Waals surface area contributed by atoms with Gasteiger partial charge in [0.15, 0.2) is 0 Å². The standard InChI is InChI=1S/C12H6Cl2F3NO/c13-7-1-2-10(19)8(4-7)11-9(14)3-6(5-18-11)12(15,16)17/h1-5,19H. The maximum atomic E-state index is 12.5. The molecule has 0 atom stereocenters. The Labute approximate surface area is 116 Å². The molecule has 19 heavy (non-hydrogen) atoms. The number of nitrogens with zero attached hydrogens (tertiary/aromatic N) is 1. The number of hydrogen-bond acceptors (Lipinski definition) is 2. The molecule has 1 aromatic heterocycles. The summed E-state index contributed by atoms with van der Waals surface area (Å²) in [4.78, 5) is 3.65. The summed E-state index contributed by atoms with van der Waals surface area (Å²) in [5.74, 6) is -0.168. The predicted octanol–water partition coefficient (Wildman–Crippen LogP) is 4.78. The fourth-order valence-electron chi connectivity index (χ4n) is 1.49. The quantitative estimate of drug-likeness (QED) is 0.822. The topological polar surface area (TPSA) is 33.1 Å². The van der Waals surface area contributed by atoms with Crippen LogP contribution in [0.4, 0.5) is 13.2 Å². The first-order valence-corrected chi connectivity index (χ1v) is 5.76. The van der Waals surface area contributed by atoms with E-state index >= 15 is 0 Å². The van der Waals surface area contributed by atoms with Gasteiger partial charge in [-0.3, -0.25) is 4.98 Å². The molecule has 7 heteroatoms. The molecule has 1 aromatic carbocycles. The van der Waals surface area contributed by atoms with Crippen LogP contribution < -0.4 is 0 Å². The molecule has 0 saturated carbocycles. The highest BCUT2D eigenvalue weighted by atomic mass is 35.5. The lowest BCUT2D eigenvalue weighted by atomic mass is 10.1. The molecule has 1 N–H and O–H groups in total. The van der Waals surface area contributed by atoms with Crippen LogP contribution in [0.15, 0.2) is 30.5 Å². The third-order valence-corrected chi connectivity index (χ3v) is 2.91. The van der Waals surface area contributed by atoms with Crippen LogP contribution in [0, 0.1) is 0 Å². The molecule has 0 aliphatic heterocycles. The van der Waals surface area contributed by atoms with E-state index in [9.17, 15) is 18.3 Å². The van der Waals surface area contributed by atoms with Crippen molar-refractivity contribution < 1.29 is 18.3 Å². The van der Waals surface area contributed by atoms with Crippen molar-refractivity contribution in [3.8, 4) is 17.0 Å². The molecular weight excluding hydrogens is 302 g/mol. The predicted molar refractivity (Wildman–Crippen MR) is 66.4 cm³/mol. The van der Waals surface area contributed by atoms with Gasteiger partial charge < -0.3 is 5.11 Å². The van der Waals surface area contributed by atoms with E-state index in [1.807, 2.05) is 0 Å². The van der Waals surface area contributed by atoms with Crippen molar-refractivity contribution in [3.63, 3.8) is 0 Å². The van der Waals surface area contributed by atoms with Gasteiger partial charge in [-0.15, -0.1) is 0 Å². The molecular formula is C12H6Cl2F3NO. The van der Waals surface area contributed by atoms with Crippen LogP contribution in [0.3, 0.4) is 0 Å². The van der Waals surface area contributed by atoms with E-state index in [-0.39, 0.29) is 22.0 Å². The van der Waals surface area contributed by atoms with Crippen LogP contribution in [0.1, 0.15) is 5.56 Å². The molecule has 0 unspecified atom stereocenters. The lowest BCUT2D eigenvalue weighted by Crippen LogP contribution is -2.05. The first-order valence-electron chi connectivity index (χ1n) is 5.00. The fourth-order valence-corrected chi connectivity index (χ4v) is 1.93. The van der Waals surface area contributed by atoms with Crippen molar-refractivity contribution in [1.29, 1.82) is 0 Å². The summed E-state index contributed by atoms with van der Waals surface area (Å²) in [6.45, 7) is 0. The lowest BCUT2D eigenvalue weighted by molar-refractivity contribution is -0.137. The smallest absolute Gasteiger partial charge is 0.417 e. The maximum Gasteiger partial charge on any atom is 0.417 e. The van der Waals surface area contributed by atoms with Crippen LogP contribution in [0.5, 0.6) is 5.75 Å². The normalized spacial score (nSPS) is 11.6. The third-order valence-electron chi connectivity index (χ3n) is 2.38. The second-order valence-electron chi connectivity index (χ2n) is 3.71. The summed E-state index contributed by atoms with van der Waals surface area (Å²) in [5.41, 5.74) is -0.747. The molecule has 0 radical (unpaired) electrons. The summed E-state index contributed by atoms with van der Waals surface area (Å²) in [7, 11) is 0. The molecule has 100 valence electrons. The van der Waals surface area contributed by atoms with Crippen LogP contribution in [0.25, 0.3) is 11.3 Å². The molecule has 0 bridgehead atoms. The Balaban J connectivity index is 2.55. The summed E-state index contributed by atoms with van der Waals surface area (Å²) in [6.07, 6.45) is -3.87. The van der Waals surface area contributed by atoms with E-state index in [1.165, 1.54) is 18.2 Å². The summed E-state index contributed by atoms with van der Waals surface area (Å²) < 4.78 is 37.4. The van der Waals surface area contributed by atoms with Gasteiger partial charge in [-0.2, -0.15) is 13.2 Å². The van der Waals surface area contributed by atoms with Crippen LogP contribution >= 0.6 is 23.2 Å². The Hall–Kier alpha value is -1.46. The van der Waals surface area contributed by atoms with E-state index in [2.05, 4.69) is 4.98 Å². The number of hydrogen-bond donors (Lipinski definition) is 1. The highest BCUT2D eigenvalue weighted by Crippen LogP contribution is 2.37. The highest BCUT2D eigenvalue weighted by Gasteiger charge is 2.31. The summed E-state index contributed by atoms with van der Waals surface area (Å²) in [5, 5.41) is 9.76. The van der Waals surface area contributed by atoms with E-state index in [1.54, 1.807) is 0 Å². The van der Waals surface area contributed by atoms with Crippen molar-refractivity contribution in [2.75, 3.05) is 0 Å². The van der Waals surface area contributed by atoms with Crippen molar-refractivity contribution in [1.82, 2.24) is 4.98 Å². The van der Waals surface area contributed by atoms with Gasteiger partial charge >= 0.3 is 6.18 Å². The average Bonchev–Trinajstić information content (AvgIpc) is 2.31. The average molecular weight is 308 g/mol. The molecule has 0 saturated heterocycles. The van der Waals surface area contributed by atoms with Gasteiger partial charge in [0, 0.05) is 16.8 Å². The minimum Gasteiger partial charge on any atom is -0.507 e. The minimum absolute atomic E-state index is 0.0367. The highest BCUT2D eigenvalue weighted by molar-refractivity contribution is 6.33. The third kappa shape index (κ3) is 2.93. The number of alkyl halides is 3. The van der Waals surface area contributed by atoms with Gasteiger partial charge in [-0.05, 0) is 24.3 Å². The first-order chi connectivity index (χ1) is 8.79. The van der Waals surface area contributed by atoms with E-state index < -0.39 is 11.7 Å². The largest absolute Gasteiger partial charge is 0.507 e. The monoisotopic (exact) mass is 307 g/mol. The van der Waals surface area contributed by atoms with Crippen LogP contribution in [-0.2, 0) is 6.18 Å². The second-order valence-corrected chi connectivity index (χ2v) is 4.56. The number of rotatable bonds is 1. The lowest BCUT2D eigenvalue weighted by Gasteiger charge is -2.10. The van der Waals surface area contributed by atoms with Gasteiger partial charge in [0.25, 0.3) is 0 Å². The number of aromatic hydroxyl groups is 1. The minimum atomic E-state index is -4.52. The van der Waals surface area contributed by atoms with Crippen molar-refractivity contribution in [2.45, 2.75) is 6.18 Å². The van der Waals surface area contributed by atoms with E-state index in [4.69, 9.17) is 23.2 Å². The number of benzene rings is 1. The van der Waals surface area contributed by atoms with Gasteiger partial charge in [0.05, 0.1) is 16.3 Å². The molecule has 0 spiro atoms. The van der Waals surface area contributed by atoms with Crippen molar-refractivity contribution >= 4 is 23.2 Å². The number of aromatic nitrogens is 1. The van der Waals surface area contributed by atoms with Crippen molar-refractivity contribution in [3.05, 3.63) is 46.1 Å². The van der Waals surface area contributed by atoms with E-state index in [0.29, 0.717) is 11.2 Å². The number of phenols is 1. The number of halogens is 5. The summed E-state index contributed by atoms with van der Waals surface area (Å²) in [6, 6.07) is 4.88. The Morgan fingerprint density at radius 3 is 2.37 bits per heavy atom. The second kappa shape index (κ2) is 4.90. The first kappa shape index (κ1) is 14.0. The zero-order chi connectivity index (χ0) is 14.2. The molecule has 1 heterocycles. The van der Waals surface area contributed by atoms with Gasteiger partial charge in [0.1, 0.15) is 5.75 Å². The van der Waals surface area contributed by atoms with Crippen molar-refractivity contribution in [2.24, 2.45) is 0 Å². The van der Waals surface area contributed by atoms with Gasteiger partial charge in [-0.1, -0.05) is 23.2 Å². The Morgan fingerprint density at radius 1 is 1.11 bits per heavy atom. The van der Waals surface area contributed by atoms with Gasteiger partial charge in [0.2, 0.25) is 0 Å². The molecule has 2 rings (SSSR count). The SMILES string of the molecule is Oc1ccc(Cl)cc1-c1ncc(C(F)(F)F)cc1Cl. The van der Waals surface area contributed by atoms with E-state index in [0.717, 1.165) is 6.07 Å². The number of phenolic OH excluding ortho intramolecular Hbond substituents is 1. The molecule has 0 aliphatic rings. The zero-order valence-electron chi connectivity index (χ0n) is 9.17. The molecule has 0 amide bonds. The maximum absolute atomic E-state index is 12.5.